The van der Waals surface area contributed by atoms with Crippen molar-refractivity contribution >= 4 is 26.6 Å². The Bertz CT molecular complexity index is 963. The van der Waals surface area contributed by atoms with E-state index < -0.39 is 10.0 Å². The molecule has 5 nitrogen and oxygen atoms in total. The fourth-order valence-corrected chi connectivity index (χ4v) is 3.81. The first-order valence-corrected chi connectivity index (χ1v) is 8.66. The van der Waals surface area contributed by atoms with Crippen molar-refractivity contribution in [2.75, 3.05) is 4.72 Å². The molecule has 3 rings (SSSR count). The number of nitrogens with zero attached hydrogens (tertiary/aromatic N) is 1. The molecule has 23 heavy (non-hydrogen) atoms. The molecule has 3 aromatic rings. The summed E-state index contributed by atoms with van der Waals surface area (Å²) < 4.78 is 28.1. The Hall–Kier alpha value is -2.44. The molecule has 0 aliphatic rings. The fourth-order valence-electron chi connectivity index (χ4n) is 2.45. The highest BCUT2D eigenvalue weighted by molar-refractivity contribution is 7.92. The summed E-state index contributed by atoms with van der Waals surface area (Å²) in [5.41, 5.74) is 8.13. The molecule has 0 aliphatic carbocycles. The quantitative estimate of drug-likeness (QED) is 0.771. The SMILES string of the molecule is Cc1ccc(CN)cc1S(=O)(=O)Nc1cccc2cccnc12. The van der Waals surface area contributed by atoms with Gasteiger partial charge in [0.15, 0.2) is 0 Å². The van der Waals surface area contributed by atoms with Crippen LogP contribution in [0.5, 0.6) is 0 Å². The van der Waals surface area contributed by atoms with Crippen LogP contribution in [0.25, 0.3) is 10.9 Å². The molecule has 1 aromatic heterocycles. The molecule has 1 heterocycles. The molecule has 0 atom stereocenters. The van der Waals surface area contributed by atoms with Crippen LogP contribution in [0.3, 0.4) is 0 Å². The lowest BCUT2D eigenvalue weighted by atomic mass is 10.1. The van der Waals surface area contributed by atoms with Crippen LogP contribution >= 0.6 is 0 Å². The van der Waals surface area contributed by atoms with E-state index in [0.717, 1.165) is 10.9 Å². The zero-order valence-electron chi connectivity index (χ0n) is 12.7. The number of rotatable bonds is 4. The first kappa shape index (κ1) is 15.5. The number of sulfonamides is 1. The molecule has 0 amide bonds. The van der Waals surface area contributed by atoms with E-state index in [0.29, 0.717) is 23.3 Å². The second kappa shape index (κ2) is 5.98. The van der Waals surface area contributed by atoms with E-state index in [1.54, 1.807) is 37.4 Å². The Labute approximate surface area is 135 Å². The lowest BCUT2D eigenvalue weighted by molar-refractivity contribution is 0.600. The molecule has 3 N–H and O–H groups in total. The maximum atomic E-state index is 12.8. The zero-order valence-corrected chi connectivity index (χ0v) is 13.5. The minimum atomic E-state index is -3.71. The van der Waals surface area contributed by atoms with Gasteiger partial charge in [0.05, 0.1) is 16.1 Å². The lowest BCUT2D eigenvalue weighted by Gasteiger charge is -2.13. The van der Waals surface area contributed by atoms with Gasteiger partial charge in [0.25, 0.3) is 10.0 Å². The van der Waals surface area contributed by atoms with Crippen molar-refractivity contribution in [1.82, 2.24) is 4.98 Å². The van der Waals surface area contributed by atoms with Gasteiger partial charge in [-0.3, -0.25) is 9.71 Å². The molecule has 0 unspecified atom stereocenters. The first-order chi connectivity index (χ1) is 11.0. The van der Waals surface area contributed by atoms with Crippen molar-refractivity contribution in [3.8, 4) is 0 Å². The van der Waals surface area contributed by atoms with Gasteiger partial charge in [-0.1, -0.05) is 30.3 Å². The van der Waals surface area contributed by atoms with E-state index in [4.69, 9.17) is 5.73 Å². The molecule has 2 aromatic carbocycles. The number of anilines is 1. The van der Waals surface area contributed by atoms with Crippen LogP contribution in [0.1, 0.15) is 11.1 Å². The average Bonchev–Trinajstić information content (AvgIpc) is 2.55. The zero-order chi connectivity index (χ0) is 16.4. The van der Waals surface area contributed by atoms with Crippen molar-refractivity contribution in [2.45, 2.75) is 18.4 Å². The Morgan fingerprint density at radius 3 is 2.70 bits per heavy atom. The summed E-state index contributed by atoms with van der Waals surface area (Å²) in [7, 11) is -3.71. The Morgan fingerprint density at radius 1 is 1.13 bits per heavy atom. The Kier molecular flexibility index (Phi) is 4.02. The molecule has 0 saturated heterocycles. The third-order valence-corrected chi connectivity index (χ3v) is 5.16. The van der Waals surface area contributed by atoms with Crippen LogP contribution in [0.15, 0.2) is 59.6 Å². The topological polar surface area (TPSA) is 85.1 Å². The summed E-state index contributed by atoms with van der Waals surface area (Å²) in [6, 6.07) is 14.3. The molecule has 118 valence electrons. The number of para-hydroxylation sites is 1. The van der Waals surface area contributed by atoms with Crippen LogP contribution < -0.4 is 10.5 Å². The molecular formula is C17H17N3O2S. The third kappa shape index (κ3) is 3.04. The number of fused-ring (bicyclic) bond motifs is 1. The predicted molar refractivity (Wildman–Crippen MR) is 91.6 cm³/mol. The molecule has 0 fully saturated rings. The number of nitrogens with one attached hydrogen (secondary N) is 1. The third-order valence-electron chi connectivity index (χ3n) is 3.65. The minimum absolute atomic E-state index is 0.230. The highest BCUT2D eigenvalue weighted by Crippen LogP contribution is 2.25. The van der Waals surface area contributed by atoms with E-state index in [1.807, 2.05) is 24.3 Å². The highest BCUT2D eigenvalue weighted by atomic mass is 32.2. The summed E-state index contributed by atoms with van der Waals surface area (Å²) in [5.74, 6) is 0. The van der Waals surface area contributed by atoms with Gasteiger partial charge >= 0.3 is 0 Å². The molecular weight excluding hydrogens is 310 g/mol. The van der Waals surface area contributed by atoms with Crippen LogP contribution in [0.4, 0.5) is 5.69 Å². The first-order valence-electron chi connectivity index (χ1n) is 7.17. The number of aromatic nitrogens is 1. The summed E-state index contributed by atoms with van der Waals surface area (Å²) in [6.45, 7) is 2.05. The lowest BCUT2D eigenvalue weighted by Crippen LogP contribution is -2.15. The molecule has 0 saturated carbocycles. The minimum Gasteiger partial charge on any atom is -0.326 e. The summed E-state index contributed by atoms with van der Waals surface area (Å²) in [6.07, 6.45) is 1.64. The van der Waals surface area contributed by atoms with Gasteiger partial charge in [-0.15, -0.1) is 0 Å². The smallest absolute Gasteiger partial charge is 0.262 e. The molecule has 0 aliphatic heterocycles. The maximum Gasteiger partial charge on any atom is 0.262 e. The van der Waals surface area contributed by atoms with Crippen LogP contribution in [0, 0.1) is 6.92 Å². The van der Waals surface area contributed by atoms with Crippen LogP contribution in [-0.4, -0.2) is 13.4 Å². The van der Waals surface area contributed by atoms with Crippen LogP contribution in [0.2, 0.25) is 0 Å². The van der Waals surface area contributed by atoms with Gasteiger partial charge < -0.3 is 5.73 Å². The standard InChI is InChI=1S/C17H17N3O2S/c1-12-7-8-13(11-18)10-16(12)23(21,22)20-15-6-2-4-14-5-3-9-19-17(14)15/h2-10,20H,11,18H2,1H3. The number of pyridine rings is 1. The van der Waals surface area contributed by atoms with Crippen molar-refractivity contribution in [3.63, 3.8) is 0 Å². The maximum absolute atomic E-state index is 12.8. The monoisotopic (exact) mass is 327 g/mol. The molecule has 0 bridgehead atoms. The van der Waals surface area contributed by atoms with Crippen molar-refractivity contribution < 1.29 is 8.42 Å². The number of hydrogen-bond donors (Lipinski definition) is 2. The normalized spacial score (nSPS) is 11.6. The number of hydrogen-bond acceptors (Lipinski definition) is 4. The van der Waals surface area contributed by atoms with Crippen molar-refractivity contribution in [2.24, 2.45) is 5.73 Å². The molecule has 0 spiro atoms. The number of aryl methyl sites for hydroxylation is 1. The highest BCUT2D eigenvalue weighted by Gasteiger charge is 2.18. The predicted octanol–water partition coefficient (Wildman–Crippen LogP) is 2.80. The van der Waals surface area contributed by atoms with Gasteiger partial charge in [0.1, 0.15) is 0 Å². The van der Waals surface area contributed by atoms with E-state index in [-0.39, 0.29) is 4.90 Å². The number of nitrogens with two attached hydrogens (primary N) is 1. The van der Waals surface area contributed by atoms with Gasteiger partial charge in [-0.25, -0.2) is 8.42 Å². The number of benzene rings is 2. The molecule has 0 radical (unpaired) electrons. The fraction of sp³-hybridized carbons (Fsp3) is 0.118. The largest absolute Gasteiger partial charge is 0.326 e. The summed E-state index contributed by atoms with van der Waals surface area (Å²) in [4.78, 5) is 4.50. The van der Waals surface area contributed by atoms with Crippen LogP contribution in [-0.2, 0) is 16.6 Å². The Morgan fingerprint density at radius 2 is 1.91 bits per heavy atom. The molecule has 6 heteroatoms. The van der Waals surface area contributed by atoms with E-state index >= 15 is 0 Å². The van der Waals surface area contributed by atoms with Gasteiger partial charge in [-0.2, -0.15) is 0 Å². The van der Waals surface area contributed by atoms with E-state index in [9.17, 15) is 8.42 Å². The Balaban J connectivity index is 2.07. The van der Waals surface area contributed by atoms with Gasteiger partial charge in [-0.05, 0) is 36.2 Å². The summed E-state index contributed by atoms with van der Waals surface area (Å²) in [5, 5.41) is 0.875. The summed E-state index contributed by atoms with van der Waals surface area (Å²) >= 11 is 0. The van der Waals surface area contributed by atoms with E-state index in [1.165, 1.54) is 0 Å². The van der Waals surface area contributed by atoms with Gasteiger partial charge in [0.2, 0.25) is 0 Å². The van der Waals surface area contributed by atoms with E-state index in [2.05, 4.69) is 9.71 Å². The second-order valence-corrected chi connectivity index (χ2v) is 6.94. The van der Waals surface area contributed by atoms with Gasteiger partial charge in [0, 0.05) is 18.1 Å². The van der Waals surface area contributed by atoms with Crippen molar-refractivity contribution in [1.29, 1.82) is 0 Å². The second-order valence-electron chi connectivity index (χ2n) is 5.29. The van der Waals surface area contributed by atoms with Crippen molar-refractivity contribution in [3.05, 3.63) is 65.9 Å². The average molecular weight is 327 g/mol.